The molecule has 2 aromatic carbocycles. The van der Waals surface area contributed by atoms with E-state index in [1.54, 1.807) is 6.07 Å². The molecular weight excluding hydrogens is 192 g/mol. The molecule has 76 valence electrons. The Morgan fingerprint density at radius 1 is 1.07 bits per heavy atom. The Balaban J connectivity index is 2.46. The van der Waals surface area contributed by atoms with E-state index >= 15 is 0 Å². The molecular formula is C12H10O3. The number of hydrogen-bond acceptors (Lipinski definition) is 3. The average Bonchev–Trinajstić information content (AvgIpc) is 2.29. The van der Waals surface area contributed by atoms with Gasteiger partial charge in [0.15, 0.2) is 0 Å². The van der Waals surface area contributed by atoms with E-state index in [9.17, 15) is 4.79 Å². The van der Waals surface area contributed by atoms with E-state index < -0.39 is 6.16 Å². The smallest absolute Gasteiger partial charge is 0.437 e. The Hall–Kier alpha value is -2.03. The second kappa shape index (κ2) is 4.00. The van der Waals surface area contributed by atoms with Gasteiger partial charge >= 0.3 is 6.16 Å². The largest absolute Gasteiger partial charge is 0.513 e. The fraction of sp³-hybridized carbons (Fsp3) is 0.0833. The number of carbonyl (C=O) groups is 1. The van der Waals surface area contributed by atoms with E-state index in [0.717, 1.165) is 10.8 Å². The fourth-order valence-corrected chi connectivity index (χ4v) is 1.42. The average molecular weight is 202 g/mol. The minimum absolute atomic E-state index is 0.514. The molecule has 0 atom stereocenters. The van der Waals surface area contributed by atoms with E-state index in [4.69, 9.17) is 4.74 Å². The fourth-order valence-electron chi connectivity index (χ4n) is 1.42. The molecule has 0 aliphatic rings. The van der Waals surface area contributed by atoms with Crippen LogP contribution in [0.2, 0.25) is 0 Å². The lowest BCUT2D eigenvalue weighted by Gasteiger charge is -2.05. The van der Waals surface area contributed by atoms with Crippen LogP contribution in [0.25, 0.3) is 10.8 Å². The summed E-state index contributed by atoms with van der Waals surface area (Å²) >= 11 is 0. The van der Waals surface area contributed by atoms with E-state index in [2.05, 4.69) is 4.74 Å². The lowest BCUT2D eigenvalue weighted by Crippen LogP contribution is -2.07. The van der Waals surface area contributed by atoms with Crippen molar-refractivity contribution in [2.75, 3.05) is 7.11 Å². The second-order valence-corrected chi connectivity index (χ2v) is 3.03. The predicted octanol–water partition coefficient (Wildman–Crippen LogP) is 2.99. The number of rotatable bonds is 1. The summed E-state index contributed by atoms with van der Waals surface area (Å²) in [5, 5.41) is 1.92. The maximum absolute atomic E-state index is 11.0. The van der Waals surface area contributed by atoms with Crippen molar-refractivity contribution in [3.63, 3.8) is 0 Å². The molecule has 0 saturated carbocycles. The Morgan fingerprint density at radius 2 is 1.80 bits per heavy atom. The quantitative estimate of drug-likeness (QED) is 0.526. The minimum Gasteiger partial charge on any atom is -0.437 e. The van der Waals surface area contributed by atoms with E-state index in [1.165, 1.54) is 7.11 Å². The zero-order chi connectivity index (χ0) is 10.7. The van der Waals surface area contributed by atoms with Crippen LogP contribution >= 0.6 is 0 Å². The SMILES string of the molecule is COC(=O)Oc1cccc2ccccc12. The highest BCUT2D eigenvalue weighted by Crippen LogP contribution is 2.25. The Kier molecular flexibility index (Phi) is 2.54. The molecule has 0 aromatic heterocycles. The lowest BCUT2D eigenvalue weighted by molar-refractivity contribution is 0.122. The van der Waals surface area contributed by atoms with Crippen molar-refractivity contribution in [3.05, 3.63) is 42.5 Å². The number of hydrogen-bond donors (Lipinski definition) is 0. The predicted molar refractivity (Wildman–Crippen MR) is 57.0 cm³/mol. The summed E-state index contributed by atoms with van der Waals surface area (Å²) in [7, 11) is 1.29. The van der Waals surface area contributed by atoms with Crippen molar-refractivity contribution >= 4 is 16.9 Å². The molecule has 3 nitrogen and oxygen atoms in total. The molecule has 2 rings (SSSR count). The Morgan fingerprint density at radius 3 is 2.60 bits per heavy atom. The number of fused-ring (bicyclic) bond motifs is 1. The molecule has 0 radical (unpaired) electrons. The normalized spacial score (nSPS) is 9.93. The highest BCUT2D eigenvalue weighted by atomic mass is 16.7. The van der Waals surface area contributed by atoms with Gasteiger partial charge in [0.25, 0.3) is 0 Å². The zero-order valence-electron chi connectivity index (χ0n) is 8.27. The van der Waals surface area contributed by atoms with E-state index in [1.807, 2.05) is 36.4 Å². The van der Waals surface area contributed by atoms with Gasteiger partial charge in [-0.25, -0.2) is 4.79 Å². The van der Waals surface area contributed by atoms with Crippen molar-refractivity contribution in [1.82, 2.24) is 0 Å². The summed E-state index contributed by atoms with van der Waals surface area (Å²) in [4.78, 5) is 11.0. The summed E-state index contributed by atoms with van der Waals surface area (Å²) in [6, 6.07) is 13.2. The molecule has 0 saturated heterocycles. The number of ether oxygens (including phenoxy) is 2. The van der Waals surface area contributed by atoms with Gasteiger partial charge in [-0.15, -0.1) is 0 Å². The number of methoxy groups -OCH3 is 1. The molecule has 0 aliphatic carbocycles. The van der Waals surface area contributed by atoms with Crippen molar-refractivity contribution in [2.45, 2.75) is 0 Å². The second-order valence-electron chi connectivity index (χ2n) is 3.03. The molecule has 15 heavy (non-hydrogen) atoms. The Bertz CT molecular complexity index is 486. The summed E-state index contributed by atoms with van der Waals surface area (Å²) in [5.74, 6) is 0.514. The number of carbonyl (C=O) groups excluding carboxylic acids is 1. The summed E-state index contributed by atoms with van der Waals surface area (Å²) in [5.41, 5.74) is 0. The van der Waals surface area contributed by atoms with Gasteiger partial charge in [0.05, 0.1) is 7.11 Å². The van der Waals surface area contributed by atoms with Crippen molar-refractivity contribution in [1.29, 1.82) is 0 Å². The van der Waals surface area contributed by atoms with Crippen LogP contribution < -0.4 is 4.74 Å². The maximum atomic E-state index is 11.0. The van der Waals surface area contributed by atoms with Crippen LogP contribution in [0, 0.1) is 0 Å². The van der Waals surface area contributed by atoms with Crippen molar-refractivity contribution in [2.24, 2.45) is 0 Å². The first-order chi connectivity index (χ1) is 7.31. The van der Waals surface area contributed by atoms with Crippen LogP contribution in [0.1, 0.15) is 0 Å². The first-order valence-corrected chi connectivity index (χ1v) is 4.55. The van der Waals surface area contributed by atoms with E-state index in [0.29, 0.717) is 5.75 Å². The van der Waals surface area contributed by atoms with Gasteiger partial charge in [-0.2, -0.15) is 0 Å². The van der Waals surface area contributed by atoms with Crippen molar-refractivity contribution < 1.29 is 14.3 Å². The molecule has 0 aliphatic heterocycles. The number of benzene rings is 2. The van der Waals surface area contributed by atoms with Crippen LogP contribution in [0.15, 0.2) is 42.5 Å². The molecule has 0 amide bonds. The van der Waals surface area contributed by atoms with Crippen molar-refractivity contribution in [3.8, 4) is 5.75 Å². The minimum atomic E-state index is -0.702. The van der Waals surface area contributed by atoms with Gasteiger partial charge in [0.1, 0.15) is 5.75 Å². The topological polar surface area (TPSA) is 35.5 Å². The molecule has 0 N–H and O–H groups in total. The molecule has 0 heterocycles. The standard InChI is InChI=1S/C12H10O3/c1-14-12(13)15-11-8-4-6-9-5-2-3-7-10(9)11/h2-8H,1H3. The van der Waals surface area contributed by atoms with Gasteiger partial charge < -0.3 is 9.47 Å². The summed E-state index contributed by atoms with van der Waals surface area (Å²) < 4.78 is 9.46. The van der Waals surface area contributed by atoms with Gasteiger partial charge in [-0.05, 0) is 11.5 Å². The summed E-state index contributed by atoms with van der Waals surface area (Å²) in [6.07, 6.45) is -0.702. The monoisotopic (exact) mass is 202 g/mol. The van der Waals surface area contributed by atoms with Gasteiger partial charge in [-0.1, -0.05) is 36.4 Å². The summed E-state index contributed by atoms with van der Waals surface area (Å²) in [6.45, 7) is 0. The third-order valence-electron chi connectivity index (χ3n) is 2.11. The molecule has 3 heteroatoms. The molecule has 0 fully saturated rings. The third kappa shape index (κ3) is 1.91. The van der Waals surface area contributed by atoms with Crippen LogP contribution in [0.4, 0.5) is 4.79 Å². The highest BCUT2D eigenvalue weighted by molar-refractivity contribution is 5.89. The van der Waals surface area contributed by atoms with E-state index in [-0.39, 0.29) is 0 Å². The van der Waals surface area contributed by atoms with Crippen LogP contribution in [-0.2, 0) is 4.74 Å². The first-order valence-electron chi connectivity index (χ1n) is 4.55. The van der Waals surface area contributed by atoms with Crippen LogP contribution in [-0.4, -0.2) is 13.3 Å². The van der Waals surface area contributed by atoms with Crippen LogP contribution in [0.3, 0.4) is 0 Å². The molecule has 0 unspecified atom stereocenters. The third-order valence-corrected chi connectivity index (χ3v) is 2.11. The van der Waals surface area contributed by atoms with Gasteiger partial charge in [-0.3, -0.25) is 0 Å². The maximum Gasteiger partial charge on any atom is 0.513 e. The Labute approximate surface area is 87.2 Å². The zero-order valence-corrected chi connectivity index (χ0v) is 8.27. The first kappa shape index (κ1) is 9.52. The lowest BCUT2D eigenvalue weighted by atomic mass is 10.1. The molecule has 2 aromatic rings. The molecule has 0 bridgehead atoms. The molecule has 0 spiro atoms. The highest BCUT2D eigenvalue weighted by Gasteiger charge is 2.06. The van der Waals surface area contributed by atoms with Crippen LogP contribution in [0.5, 0.6) is 5.75 Å². The van der Waals surface area contributed by atoms with Gasteiger partial charge in [0, 0.05) is 5.39 Å². The van der Waals surface area contributed by atoms with Gasteiger partial charge in [0.2, 0.25) is 0 Å².